The molecule has 19 heavy (non-hydrogen) atoms. The molecular formula is C14H20N4O. The summed E-state index contributed by atoms with van der Waals surface area (Å²) < 4.78 is 2.04. The molecule has 2 aromatic rings. The lowest BCUT2D eigenvalue weighted by molar-refractivity contribution is 0.283. The van der Waals surface area contributed by atoms with Crippen molar-refractivity contribution < 1.29 is 5.11 Å². The molecule has 0 radical (unpaired) electrons. The van der Waals surface area contributed by atoms with Crippen LogP contribution in [0.3, 0.4) is 0 Å². The molecule has 0 bridgehead atoms. The molecule has 1 fully saturated rings. The number of rotatable bonds is 5. The van der Waals surface area contributed by atoms with E-state index in [4.69, 9.17) is 10.7 Å². The molecule has 0 aromatic carbocycles. The molecule has 2 aromatic heterocycles. The minimum Gasteiger partial charge on any atom is -0.395 e. The van der Waals surface area contributed by atoms with Gasteiger partial charge < -0.3 is 20.1 Å². The molecule has 0 spiro atoms. The maximum absolute atomic E-state index is 9.30. The first-order chi connectivity index (χ1) is 9.35. The summed E-state index contributed by atoms with van der Waals surface area (Å²) in [6, 6.07) is 6.45. The summed E-state index contributed by atoms with van der Waals surface area (Å²) in [4.78, 5) is 6.92. The van der Waals surface area contributed by atoms with Gasteiger partial charge in [0.15, 0.2) is 5.82 Å². The number of aliphatic hydroxyl groups is 1. The summed E-state index contributed by atoms with van der Waals surface area (Å²) in [6.07, 6.45) is 5.61. The van der Waals surface area contributed by atoms with Gasteiger partial charge in [-0.25, -0.2) is 4.98 Å². The maximum Gasteiger partial charge on any atom is 0.152 e. The Kier molecular flexibility index (Phi) is 3.40. The minimum atomic E-state index is 0.147. The second-order valence-electron chi connectivity index (χ2n) is 5.02. The third kappa shape index (κ3) is 2.09. The SMILES string of the molecule is NCc1c(N(CCO)C2CCC2)nc2ccccn12. The van der Waals surface area contributed by atoms with Crippen LogP contribution in [-0.2, 0) is 6.54 Å². The number of aliphatic hydroxyl groups excluding tert-OH is 1. The van der Waals surface area contributed by atoms with Gasteiger partial charge in [-0.3, -0.25) is 0 Å². The lowest BCUT2D eigenvalue weighted by atomic mass is 9.91. The molecule has 3 N–H and O–H groups in total. The summed E-state index contributed by atoms with van der Waals surface area (Å²) in [5, 5.41) is 9.30. The first-order valence-corrected chi connectivity index (χ1v) is 6.88. The molecule has 0 atom stereocenters. The van der Waals surface area contributed by atoms with Crippen molar-refractivity contribution in [1.82, 2.24) is 9.38 Å². The second kappa shape index (κ2) is 5.19. The topological polar surface area (TPSA) is 66.8 Å². The van der Waals surface area contributed by atoms with Gasteiger partial charge in [-0.05, 0) is 31.4 Å². The van der Waals surface area contributed by atoms with Crippen molar-refractivity contribution in [3.8, 4) is 0 Å². The number of anilines is 1. The number of nitrogens with zero attached hydrogens (tertiary/aromatic N) is 3. The van der Waals surface area contributed by atoms with E-state index in [1.807, 2.05) is 28.8 Å². The molecule has 102 valence electrons. The second-order valence-corrected chi connectivity index (χ2v) is 5.02. The van der Waals surface area contributed by atoms with Crippen LogP contribution in [0.15, 0.2) is 24.4 Å². The monoisotopic (exact) mass is 260 g/mol. The number of fused-ring (bicyclic) bond motifs is 1. The molecule has 0 amide bonds. The summed E-state index contributed by atoms with van der Waals surface area (Å²) in [5.74, 6) is 0.937. The van der Waals surface area contributed by atoms with Crippen molar-refractivity contribution in [2.24, 2.45) is 5.73 Å². The summed E-state index contributed by atoms with van der Waals surface area (Å²) >= 11 is 0. The molecule has 0 saturated heterocycles. The van der Waals surface area contributed by atoms with Gasteiger partial charge in [0.2, 0.25) is 0 Å². The Morgan fingerprint density at radius 3 is 2.89 bits per heavy atom. The molecule has 1 aliphatic carbocycles. The average molecular weight is 260 g/mol. The van der Waals surface area contributed by atoms with Gasteiger partial charge in [0.25, 0.3) is 0 Å². The molecule has 3 rings (SSSR count). The first kappa shape index (κ1) is 12.4. The van der Waals surface area contributed by atoms with Gasteiger partial charge in [0, 0.05) is 25.3 Å². The van der Waals surface area contributed by atoms with Crippen molar-refractivity contribution >= 4 is 11.5 Å². The number of nitrogens with two attached hydrogens (primary N) is 1. The van der Waals surface area contributed by atoms with E-state index in [0.717, 1.165) is 17.2 Å². The van der Waals surface area contributed by atoms with E-state index in [0.29, 0.717) is 19.1 Å². The molecule has 5 nitrogen and oxygen atoms in total. The van der Waals surface area contributed by atoms with Crippen molar-refractivity contribution in [2.45, 2.75) is 31.8 Å². The van der Waals surface area contributed by atoms with Crippen molar-refractivity contribution in [3.63, 3.8) is 0 Å². The summed E-state index contributed by atoms with van der Waals surface area (Å²) in [6.45, 7) is 1.23. The van der Waals surface area contributed by atoms with E-state index < -0.39 is 0 Å². The summed E-state index contributed by atoms with van der Waals surface area (Å²) in [7, 11) is 0. The molecule has 1 saturated carbocycles. The number of hydrogen-bond donors (Lipinski definition) is 2. The molecule has 2 heterocycles. The quantitative estimate of drug-likeness (QED) is 0.846. The lowest BCUT2D eigenvalue weighted by Gasteiger charge is -2.38. The van der Waals surface area contributed by atoms with Gasteiger partial charge in [-0.2, -0.15) is 0 Å². The highest BCUT2D eigenvalue weighted by Gasteiger charge is 2.28. The zero-order valence-corrected chi connectivity index (χ0v) is 11.0. The van der Waals surface area contributed by atoms with Crippen LogP contribution < -0.4 is 10.6 Å². The summed E-state index contributed by atoms with van der Waals surface area (Å²) in [5.41, 5.74) is 7.85. The third-order valence-electron chi connectivity index (χ3n) is 3.93. The fourth-order valence-corrected chi connectivity index (χ4v) is 2.72. The van der Waals surface area contributed by atoms with Gasteiger partial charge >= 0.3 is 0 Å². The molecular weight excluding hydrogens is 240 g/mol. The number of imidazole rings is 1. The Hall–Kier alpha value is -1.59. The Balaban J connectivity index is 2.05. The Morgan fingerprint density at radius 2 is 2.26 bits per heavy atom. The van der Waals surface area contributed by atoms with E-state index in [9.17, 15) is 5.11 Å². The van der Waals surface area contributed by atoms with E-state index in [-0.39, 0.29) is 6.61 Å². The van der Waals surface area contributed by atoms with Gasteiger partial charge in [-0.1, -0.05) is 6.07 Å². The standard InChI is InChI=1S/C14H20N4O/c15-10-12-14(16-13-6-1-2-7-18(12)13)17(8-9-19)11-4-3-5-11/h1-2,6-7,11,19H,3-5,8-10,15H2. The predicted molar refractivity (Wildman–Crippen MR) is 75.2 cm³/mol. The minimum absolute atomic E-state index is 0.147. The number of pyridine rings is 1. The van der Waals surface area contributed by atoms with E-state index in [1.54, 1.807) is 0 Å². The average Bonchev–Trinajstić information content (AvgIpc) is 2.74. The predicted octanol–water partition coefficient (Wildman–Crippen LogP) is 1.14. The van der Waals surface area contributed by atoms with Crippen LogP contribution in [0.25, 0.3) is 5.65 Å². The highest BCUT2D eigenvalue weighted by molar-refractivity contribution is 5.56. The van der Waals surface area contributed by atoms with Crippen LogP contribution in [0.1, 0.15) is 25.0 Å². The zero-order chi connectivity index (χ0) is 13.2. The smallest absolute Gasteiger partial charge is 0.152 e. The zero-order valence-electron chi connectivity index (χ0n) is 11.0. The highest BCUT2D eigenvalue weighted by Crippen LogP contribution is 2.31. The van der Waals surface area contributed by atoms with Crippen molar-refractivity contribution in [2.75, 3.05) is 18.1 Å². The molecule has 0 aliphatic heterocycles. The van der Waals surface area contributed by atoms with Crippen LogP contribution in [0, 0.1) is 0 Å². The normalized spacial score (nSPS) is 15.7. The number of hydrogen-bond acceptors (Lipinski definition) is 4. The van der Waals surface area contributed by atoms with E-state index in [2.05, 4.69) is 4.90 Å². The third-order valence-corrected chi connectivity index (χ3v) is 3.93. The Morgan fingerprint density at radius 1 is 1.42 bits per heavy atom. The molecule has 5 heteroatoms. The van der Waals surface area contributed by atoms with Crippen molar-refractivity contribution in [3.05, 3.63) is 30.1 Å². The van der Waals surface area contributed by atoms with Gasteiger partial charge in [0.1, 0.15) is 5.65 Å². The van der Waals surface area contributed by atoms with E-state index in [1.165, 1.54) is 19.3 Å². The van der Waals surface area contributed by atoms with Crippen LogP contribution in [0.5, 0.6) is 0 Å². The van der Waals surface area contributed by atoms with Gasteiger partial charge in [0.05, 0.1) is 12.3 Å². The van der Waals surface area contributed by atoms with Crippen LogP contribution in [-0.4, -0.2) is 33.7 Å². The van der Waals surface area contributed by atoms with Gasteiger partial charge in [-0.15, -0.1) is 0 Å². The maximum atomic E-state index is 9.30. The largest absolute Gasteiger partial charge is 0.395 e. The Bertz CT molecular complexity index is 562. The van der Waals surface area contributed by atoms with Crippen molar-refractivity contribution in [1.29, 1.82) is 0 Å². The highest BCUT2D eigenvalue weighted by atomic mass is 16.3. The fraction of sp³-hybridized carbons (Fsp3) is 0.500. The van der Waals surface area contributed by atoms with Crippen LogP contribution in [0.4, 0.5) is 5.82 Å². The molecule has 1 aliphatic rings. The van der Waals surface area contributed by atoms with E-state index >= 15 is 0 Å². The first-order valence-electron chi connectivity index (χ1n) is 6.88. The lowest BCUT2D eigenvalue weighted by Crippen LogP contribution is -2.42. The number of aromatic nitrogens is 2. The Labute approximate surface area is 112 Å². The van der Waals surface area contributed by atoms with Crippen LogP contribution in [0.2, 0.25) is 0 Å². The fourth-order valence-electron chi connectivity index (χ4n) is 2.72. The van der Waals surface area contributed by atoms with Crippen LogP contribution >= 0.6 is 0 Å². The molecule has 0 unspecified atom stereocenters.